The van der Waals surface area contributed by atoms with E-state index in [4.69, 9.17) is 16.6 Å². The first-order chi connectivity index (χ1) is 12.5. The Balaban J connectivity index is 1.59. The quantitative estimate of drug-likeness (QED) is 0.699. The molecular weight excluding hydrogens is 348 g/mol. The highest BCUT2D eigenvalue weighted by Gasteiger charge is 2.49. The third-order valence-corrected chi connectivity index (χ3v) is 5.98. The average molecular weight is 367 g/mol. The van der Waals surface area contributed by atoms with Crippen molar-refractivity contribution in [3.63, 3.8) is 0 Å². The summed E-state index contributed by atoms with van der Waals surface area (Å²) in [7, 11) is 3.92. The molecule has 0 saturated carbocycles. The van der Waals surface area contributed by atoms with Crippen molar-refractivity contribution < 1.29 is 0 Å². The fourth-order valence-electron chi connectivity index (χ4n) is 4.09. The summed E-state index contributed by atoms with van der Waals surface area (Å²) in [4.78, 5) is 22.5. The van der Waals surface area contributed by atoms with E-state index in [1.165, 1.54) is 0 Å². The molecule has 6 heteroatoms. The average Bonchev–Trinajstić information content (AvgIpc) is 2.62. The molecule has 0 N–H and O–H groups in total. The van der Waals surface area contributed by atoms with Crippen molar-refractivity contribution in [2.45, 2.75) is 12.1 Å². The van der Waals surface area contributed by atoms with Gasteiger partial charge in [-0.25, -0.2) is 4.98 Å². The van der Waals surface area contributed by atoms with Crippen molar-refractivity contribution in [3.8, 4) is 11.4 Å². The minimum atomic E-state index is -0.0328. The first kappa shape index (κ1) is 15.9. The largest absolute Gasteiger partial charge is 0.364 e. The molecule has 2 saturated heterocycles. The van der Waals surface area contributed by atoms with Crippen molar-refractivity contribution in [2.24, 2.45) is 7.05 Å². The van der Waals surface area contributed by atoms with E-state index in [1.807, 2.05) is 36.4 Å². The second-order valence-electron chi connectivity index (χ2n) is 7.24. The van der Waals surface area contributed by atoms with Gasteiger partial charge in [-0.3, -0.25) is 14.3 Å². The lowest BCUT2D eigenvalue weighted by atomic mass is 9.85. The molecule has 3 heterocycles. The zero-order valence-corrected chi connectivity index (χ0v) is 15.4. The molecule has 2 unspecified atom stereocenters. The van der Waals surface area contributed by atoms with Gasteiger partial charge in [0.1, 0.15) is 5.82 Å². The summed E-state index contributed by atoms with van der Waals surface area (Å²) >= 11 is 6.10. The van der Waals surface area contributed by atoms with Gasteiger partial charge < -0.3 is 4.90 Å². The lowest BCUT2D eigenvalue weighted by Gasteiger charge is -2.62. The summed E-state index contributed by atoms with van der Waals surface area (Å²) in [6.45, 7) is 2.12. The van der Waals surface area contributed by atoms with Crippen LogP contribution in [0, 0.1) is 0 Å². The minimum Gasteiger partial charge on any atom is -0.364 e. The molecule has 2 aliphatic heterocycles. The summed E-state index contributed by atoms with van der Waals surface area (Å²) in [5, 5.41) is 1.29. The van der Waals surface area contributed by atoms with E-state index >= 15 is 0 Å². The highest BCUT2D eigenvalue weighted by atomic mass is 35.5. The molecule has 2 aromatic carbocycles. The second kappa shape index (κ2) is 5.56. The third-order valence-electron chi connectivity index (χ3n) is 5.74. The summed E-state index contributed by atoms with van der Waals surface area (Å²) in [6, 6.07) is 14.7. The molecule has 0 spiro atoms. The normalized spacial score (nSPS) is 22.0. The number of halogens is 1. The molecule has 26 heavy (non-hydrogen) atoms. The van der Waals surface area contributed by atoms with Crippen LogP contribution in [0.2, 0.25) is 5.02 Å². The van der Waals surface area contributed by atoms with Gasteiger partial charge in [-0.1, -0.05) is 23.7 Å². The lowest BCUT2D eigenvalue weighted by molar-refractivity contribution is 0.0369. The van der Waals surface area contributed by atoms with Crippen molar-refractivity contribution >= 4 is 28.2 Å². The summed E-state index contributed by atoms with van der Waals surface area (Å²) in [6.07, 6.45) is 0. The third kappa shape index (κ3) is 2.20. The fourth-order valence-corrected chi connectivity index (χ4v) is 4.28. The molecule has 2 aliphatic rings. The zero-order chi connectivity index (χ0) is 18.0. The standard InChI is InChI=1S/C20H19ClN4O/c1-23-10-18-17(23)11-25(18)14-6-7-16-15(9-14)20(26)24(2)19(22-16)12-4-3-5-13(21)8-12/h3-9,17-18H,10-11H2,1-2H3. The monoisotopic (exact) mass is 366 g/mol. The number of likely N-dealkylation sites (N-methyl/N-ethyl adjacent to an activating group) is 1. The predicted octanol–water partition coefficient (Wildman–Crippen LogP) is 2.76. The van der Waals surface area contributed by atoms with Crippen LogP contribution in [0.1, 0.15) is 0 Å². The van der Waals surface area contributed by atoms with Crippen LogP contribution >= 0.6 is 11.6 Å². The van der Waals surface area contributed by atoms with Crippen LogP contribution in [0.5, 0.6) is 0 Å². The summed E-state index contributed by atoms with van der Waals surface area (Å²) in [5.74, 6) is 0.627. The molecular formula is C20H19ClN4O. The smallest absolute Gasteiger partial charge is 0.261 e. The van der Waals surface area contributed by atoms with Crippen molar-refractivity contribution in [2.75, 3.05) is 25.0 Å². The van der Waals surface area contributed by atoms with Gasteiger partial charge in [0.25, 0.3) is 5.56 Å². The number of fused-ring (bicyclic) bond motifs is 2. The van der Waals surface area contributed by atoms with Crippen LogP contribution in [0.15, 0.2) is 47.3 Å². The topological polar surface area (TPSA) is 41.4 Å². The van der Waals surface area contributed by atoms with E-state index in [-0.39, 0.29) is 5.56 Å². The van der Waals surface area contributed by atoms with Gasteiger partial charge in [-0.15, -0.1) is 0 Å². The van der Waals surface area contributed by atoms with Crippen molar-refractivity contribution in [3.05, 3.63) is 57.8 Å². The first-order valence-corrected chi connectivity index (χ1v) is 9.14. The molecule has 2 atom stereocenters. The highest BCUT2D eigenvalue weighted by molar-refractivity contribution is 6.30. The first-order valence-electron chi connectivity index (χ1n) is 8.76. The molecule has 2 fully saturated rings. The van der Waals surface area contributed by atoms with Crippen molar-refractivity contribution in [1.29, 1.82) is 0 Å². The maximum absolute atomic E-state index is 13.0. The summed E-state index contributed by atoms with van der Waals surface area (Å²) < 4.78 is 1.60. The van der Waals surface area contributed by atoms with Gasteiger partial charge >= 0.3 is 0 Å². The number of piperazine rings is 1. The number of benzene rings is 2. The van der Waals surface area contributed by atoms with E-state index < -0.39 is 0 Å². The van der Waals surface area contributed by atoms with Gasteiger partial charge in [0.05, 0.1) is 16.9 Å². The van der Waals surface area contributed by atoms with E-state index in [0.29, 0.717) is 28.3 Å². The van der Waals surface area contributed by atoms with Gasteiger partial charge in [-0.2, -0.15) is 0 Å². The van der Waals surface area contributed by atoms with Gasteiger partial charge in [-0.05, 0) is 37.4 Å². The zero-order valence-electron chi connectivity index (χ0n) is 14.7. The van der Waals surface area contributed by atoms with Gasteiger partial charge in [0, 0.05) is 42.5 Å². The molecule has 1 aromatic heterocycles. The van der Waals surface area contributed by atoms with E-state index in [2.05, 4.69) is 22.9 Å². The van der Waals surface area contributed by atoms with E-state index in [0.717, 1.165) is 29.9 Å². The Hall–Kier alpha value is -2.37. The Kier molecular flexibility index (Phi) is 3.39. The van der Waals surface area contributed by atoms with Crippen LogP contribution in [-0.4, -0.2) is 46.7 Å². The second-order valence-corrected chi connectivity index (χ2v) is 7.67. The Morgan fingerprint density at radius 2 is 1.92 bits per heavy atom. The van der Waals surface area contributed by atoms with E-state index in [9.17, 15) is 4.79 Å². The Morgan fingerprint density at radius 3 is 2.62 bits per heavy atom. The Morgan fingerprint density at radius 1 is 1.08 bits per heavy atom. The SMILES string of the molecule is CN1CC2C1CN2c1ccc2nc(-c3cccc(Cl)c3)n(C)c(=O)c2c1. The Labute approximate surface area is 156 Å². The number of hydrogen-bond acceptors (Lipinski definition) is 4. The van der Waals surface area contributed by atoms with Crippen LogP contribution in [0.4, 0.5) is 5.69 Å². The summed E-state index contributed by atoms with van der Waals surface area (Å²) in [5.41, 5.74) is 2.64. The molecule has 0 bridgehead atoms. The molecule has 3 aromatic rings. The maximum atomic E-state index is 13.0. The van der Waals surface area contributed by atoms with Crippen molar-refractivity contribution in [1.82, 2.24) is 14.5 Å². The van der Waals surface area contributed by atoms with Crippen LogP contribution in [0.25, 0.3) is 22.3 Å². The molecule has 5 rings (SSSR count). The number of hydrogen-bond donors (Lipinski definition) is 0. The lowest BCUT2D eigenvalue weighted by Crippen LogP contribution is -2.78. The van der Waals surface area contributed by atoms with Crippen LogP contribution in [0.3, 0.4) is 0 Å². The van der Waals surface area contributed by atoms with E-state index in [1.54, 1.807) is 11.6 Å². The molecule has 0 aliphatic carbocycles. The molecule has 132 valence electrons. The van der Waals surface area contributed by atoms with Crippen LogP contribution in [-0.2, 0) is 7.05 Å². The fraction of sp³-hybridized carbons (Fsp3) is 0.300. The molecule has 0 amide bonds. The number of likely N-dealkylation sites (tertiary alicyclic amines) is 1. The number of aromatic nitrogens is 2. The predicted molar refractivity (Wildman–Crippen MR) is 105 cm³/mol. The van der Waals surface area contributed by atoms with Gasteiger partial charge in [0.2, 0.25) is 0 Å². The maximum Gasteiger partial charge on any atom is 0.261 e. The number of rotatable bonds is 2. The number of anilines is 1. The molecule has 5 nitrogen and oxygen atoms in total. The highest BCUT2D eigenvalue weighted by Crippen LogP contribution is 2.36. The van der Waals surface area contributed by atoms with Crippen LogP contribution < -0.4 is 10.5 Å². The molecule has 0 radical (unpaired) electrons. The van der Waals surface area contributed by atoms with Gasteiger partial charge in [0.15, 0.2) is 0 Å². The number of nitrogens with zero attached hydrogens (tertiary/aromatic N) is 4. The Bertz CT molecular complexity index is 1090. The minimum absolute atomic E-state index is 0.0328.